The molecule has 6 rings (SSSR count). The van der Waals surface area contributed by atoms with Crippen molar-refractivity contribution in [3.05, 3.63) is 111 Å². The van der Waals surface area contributed by atoms with Gasteiger partial charge in [0.2, 0.25) is 5.91 Å². The van der Waals surface area contributed by atoms with E-state index >= 15 is 0 Å². The first-order valence-electron chi connectivity index (χ1n) is 15.4. The molecule has 2 amide bonds. The Hall–Kier alpha value is -5.46. The number of aldehydes is 1. The molecule has 48 heavy (non-hydrogen) atoms. The zero-order valence-electron chi connectivity index (χ0n) is 26.3. The van der Waals surface area contributed by atoms with Crippen LogP contribution in [-0.2, 0) is 11.2 Å². The van der Waals surface area contributed by atoms with Gasteiger partial charge in [0.25, 0.3) is 5.91 Å². The smallest absolute Gasteiger partial charge is 0.349 e. The number of nitrogens with one attached hydrogen (secondary N) is 1. The van der Waals surface area contributed by atoms with E-state index in [2.05, 4.69) is 5.32 Å². The maximum absolute atomic E-state index is 14.4. The summed E-state index contributed by atoms with van der Waals surface area (Å²) in [6.07, 6.45) is -0.102. The molecule has 0 fully saturated rings. The SMILES string of the molecule is COc1ccccc1CCN(C(=O)c1cc2ccccc2oc1=O)[C@@H]1C=C(C(=O)NCCO)[C@@H]2c3cc(C=O)cc(OC)c3O[C@@H]2[C@H]1O. The molecular formula is C36H34N2O10. The molecule has 3 aromatic carbocycles. The van der Waals surface area contributed by atoms with Crippen molar-refractivity contribution < 1.29 is 43.2 Å². The van der Waals surface area contributed by atoms with Gasteiger partial charge in [-0.3, -0.25) is 14.4 Å². The van der Waals surface area contributed by atoms with E-state index in [0.717, 1.165) is 5.56 Å². The average molecular weight is 655 g/mol. The number of methoxy groups -OCH3 is 2. The van der Waals surface area contributed by atoms with Crippen molar-refractivity contribution in [3.63, 3.8) is 0 Å². The van der Waals surface area contributed by atoms with Crippen LogP contribution in [0.3, 0.4) is 0 Å². The van der Waals surface area contributed by atoms with Crippen LogP contribution in [0.4, 0.5) is 0 Å². The van der Waals surface area contributed by atoms with E-state index < -0.39 is 41.6 Å². The summed E-state index contributed by atoms with van der Waals surface area (Å²) in [5.41, 5.74) is 0.842. The molecule has 0 saturated carbocycles. The third kappa shape index (κ3) is 5.91. The lowest BCUT2D eigenvalue weighted by molar-refractivity contribution is -0.118. The van der Waals surface area contributed by atoms with Crippen molar-refractivity contribution in [1.29, 1.82) is 0 Å². The standard InChI is InChI=1S/C36H34N2O10/c1-45-27-9-5-3-7-21(27)11-13-38(35(43)25-17-22-8-4-6-10-28(22)47-36(25)44)26-18-24(34(42)37-12-14-39)30-23-15-20(19-40)16-29(46-2)32(23)48-33(30)31(26)41/h3-10,15-19,26,30-31,33,39,41H,11-14H2,1-2H3,(H,37,42)/t26-,30+,31+,33+/m1/s1. The largest absolute Gasteiger partial charge is 0.496 e. The number of rotatable bonds is 11. The number of ether oxygens (including phenoxy) is 3. The van der Waals surface area contributed by atoms with E-state index in [1.165, 1.54) is 37.3 Å². The van der Waals surface area contributed by atoms with Crippen LogP contribution in [0.2, 0.25) is 0 Å². The Morgan fingerprint density at radius 3 is 2.52 bits per heavy atom. The zero-order valence-corrected chi connectivity index (χ0v) is 26.3. The van der Waals surface area contributed by atoms with Crippen LogP contribution in [0.5, 0.6) is 17.2 Å². The van der Waals surface area contributed by atoms with Crippen LogP contribution in [0.25, 0.3) is 11.0 Å². The van der Waals surface area contributed by atoms with Crippen molar-refractivity contribution in [2.75, 3.05) is 33.9 Å². The molecule has 0 bridgehead atoms. The number of fused-ring (bicyclic) bond motifs is 4. The molecule has 1 aliphatic carbocycles. The predicted molar refractivity (Wildman–Crippen MR) is 174 cm³/mol. The van der Waals surface area contributed by atoms with Crippen molar-refractivity contribution in [2.45, 2.75) is 30.6 Å². The molecule has 248 valence electrons. The van der Waals surface area contributed by atoms with Crippen LogP contribution in [-0.4, -0.2) is 85.4 Å². The first kappa shape index (κ1) is 32.5. The molecule has 1 aliphatic heterocycles. The highest BCUT2D eigenvalue weighted by atomic mass is 16.5. The maximum atomic E-state index is 14.4. The van der Waals surface area contributed by atoms with Gasteiger partial charge >= 0.3 is 5.63 Å². The van der Waals surface area contributed by atoms with E-state index in [0.29, 0.717) is 28.6 Å². The van der Waals surface area contributed by atoms with Crippen molar-refractivity contribution in [3.8, 4) is 17.2 Å². The molecule has 0 saturated heterocycles. The van der Waals surface area contributed by atoms with E-state index in [4.69, 9.17) is 18.6 Å². The van der Waals surface area contributed by atoms with E-state index in [9.17, 15) is 29.4 Å². The van der Waals surface area contributed by atoms with Crippen LogP contribution in [0.1, 0.15) is 37.8 Å². The summed E-state index contributed by atoms with van der Waals surface area (Å²) >= 11 is 0. The molecule has 0 unspecified atom stereocenters. The number of benzene rings is 3. The second-order valence-electron chi connectivity index (χ2n) is 11.4. The second kappa shape index (κ2) is 13.7. The summed E-state index contributed by atoms with van der Waals surface area (Å²) in [7, 11) is 2.94. The monoisotopic (exact) mass is 654 g/mol. The molecule has 12 nitrogen and oxygen atoms in total. The van der Waals surface area contributed by atoms with Gasteiger partial charge in [0.15, 0.2) is 11.5 Å². The first-order chi connectivity index (χ1) is 23.3. The number of carbonyl (C=O) groups excluding carboxylic acids is 3. The summed E-state index contributed by atoms with van der Waals surface area (Å²) in [6, 6.07) is 17.4. The average Bonchev–Trinajstić information content (AvgIpc) is 3.50. The maximum Gasteiger partial charge on any atom is 0.349 e. The Morgan fingerprint density at radius 2 is 1.77 bits per heavy atom. The molecule has 12 heteroatoms. The predicted octanol–water partition coefficient (Wildman–Crippen LogP) is 2.63. The summed E-state index contributed by atoms with van der Waals surface area (Å²) in [5.74, 6) is -1.07. The molecule has 4 atom stereocenters. The van der Waals surface area contributed by atoms with Gasteiger partial charge in [-0.25, -0.2) is 4.79 Å². The van der Waals surface area contributed by atoms with Crippen LogP contribution in [0.15, 0.2) is 87.6 Å². The molecular weight excluding hydrogens is 620 g/mol. The van der Waals surface area contributed by atoms with Gasteiger partial charge in [-0.15, -0.1) is 0 Å². The molecule has 2 aliphatic rings. The van der Waals surface area contributed by atoms with Gasteiger partial charge in [-0.2, -0.15) is 0 Å². The third-order valence-corrected chi connectivity index (χ3v) is 8.72. The van der Waals surface area contributed by atoms with Crippen LogP contribution >= 0.6 is 0 Å². The molecule has 4 aromatic rings. The van der Waals surface area contributed by atoms with Gasteiger partial charge in [-0.1, -0.05) is 36.4 Å². The summed E-state index contributed by atoms with van der Waals surface area (Å²) < 4.78 is 22.8. The highest BCUT2D eigenvalue weighted by Gasteiger charge is 2.51. The van der Waals surface area contributed by atoms with Gasteiger partial charge in [-0.05, 0) is 48.4 Å². The Labute approximate surface area is 275 Å². The summed E-state index contributed by atoms with van der Waals surface area (Å²) in [4.78, 5) is 54.4. The number of carbonyl (C=O) groups is 3. The lowest BCUT2D eigenvalue weighted by Crippen LogP contribution is -2.56. The Kier molecular flexibility index (Phi) is 9.28. The lowest BCUT2D eigenvalue weighted by atomic mass is 9.77. The van der Waals surface area contributed by atoms with Crippen molar-refractivity contribution >= 4 is 29.1 Å². The number of aliphatic hydroxyl groups excluding tert-OH is 2. The fourth-order valence-corrected chi connectivity index (χ4v) is 6.46. The lowest BCUT2D eigenvalue weighted by Gasteiger charge is -2.40. The molecule has 0 radical (unpaired) electrons. The number of aliphatic hydroxyl groups is 2. The second-order valence-corrected chi connectivity index (χ2v) is 11.4. The normalized spacial score (nSPS) is 19.4. The Morgan fingerprint density at radius 1 is 1.02 bits per heavy atom. The van der Waals surface area contributed by atoms with Gasteiger partial charge in [0, 0.05) is 35.2 Å². The van der Waals surface area contributed by atoms with Crippen molar-refractivity contribution in [1.82, 2.24) is 10.2 Å². The molecule has 1 aromatic heterocycles. The van der Waals surface area contributed by atoms with E-state index in [1.54, 1.807) is 36.4 Å². The zero-order chi connectivity index (χ0) is 33.9. The molecule has 3 N–H and O–H groups in total. The van der Waals surface area contributed by atoms with E-state index in [1.807, 2.05) is 18.2 Å². The van der Waals surface area contributed by atoms with E-state index in [-0.39, 0.29) is 54.3 Å². The van der Waals surface area contributed by atoms with Crippen molar-refractivity contribution in [2.24, 2.45) is 0 Å². The number of hydrogen-bond acceptors (Lipinski definition) is 10. The highest BCUT2D eigenvalue weighted by Crippen LogP contribution is 2.51. The fourth-order valence-electron chi connectivity index (χ4n) is 6.46. The number of nitrogens with zero attached hydrogens (tertiary/aromatic N) is 1. The Balaban J connectivity index is 1.48. The van der Waals surface area contributed by atoms with Gasteiger partial charge < -0.3 is 39.1 Å². The summed E-state index contributed by atoms with van der Waals surface area (Å²) in [6.45, 7) is -0.379. The highest BCUT2D eigenvalue weighted by molar-refractivity contribution is 5.99. The fraction of sp³-hybridized carbons (Fsp3) is 0.278. The van der Waals surface area contributed by atoms with Gasteiger partial charge in [0.05, 0.1) is 32.8 Å². The quantitative estimate of drug-likeness (QED) is 0.162. The van der Waals surface area contributed by atoms with Crippen LogP contribution in [0, 0.1) is 0 Å². The van der Waals surface area contributed by atoms with Gasteiger partial charge in [0.1, 0.15) is 35.4 Å². The van der Waals surface area contributed by atoms with Crippen LogP contribution < -0.4 is 25.2 Å². The minimum absolute atomic E-state index is 0.00180. The number of para-hydroxylation sites is 2. The molecule has 0 spiro atoms. The third-order valence-electron chi connectivity index (χ3n) is 8.72. The molecule has 2 heterocycles. The summed E-state index contributed by atoms with van der Waals surface area (Å²) in [5, 5.41) is 24.6. The number of hydrogen-bond donors (Lipinski definition) is 3. The Bertz CT molecular complexity index is 1970. The first-order valence-corrected chi connectivity index (χ1v) is 15.4. The minimum Gasteiger partial charge on any atom is -0.496 e. The number of amides is 2. The topological polar surface area (TPSA) is 165 Å². The minimum atomic E-state index is -1.41.